The van der Waals surface area contributed by atoms with Crippen molar-refractivity contribution in [3.8, 4) is 5.75 Å². The normalized spacial score (nSPS) is 25.3. The zero-order valence-electron chi connectivity index (χ0n) is 14.5. The molecule has 4 rings (SSSR count). The number of halogens is 1. The largest absolute Gasteiger partial charge is 0.491 e. The predicted octanol–water partition coefficient (Wildman–Crippen LogP) is 2.19. The summed E-state index contributed by atoms with van der Waals surface area (Å²) in [6.45, 7) is 3.73. The molecule has 136 valence electrons. The second-order valence-corrected chi connectivity index (χ2v) is 7.06. The Morgan fingerprint density at radius 1 is 1.12 bits per heavy atom. The molecular formula is C19H25FN2O3. The first kappa shape index (κ1) is 16.8. The number of hydrogen-bond donors (Lipinski definition) is 0. The highest BCUT2D eigenvalue weighted by molar-refractivity contribution is 5.82. The number of carbonyl (C=O) groups excluding carboxylic acids is 1. The molecule has 1 amide bonds. The zero-order valence-corrected chi connectivity index (χ0v) is 14.5. The van der Waals surface area contributed by atoms with Crippen LogP contribution in [-0.2, 0) is 16.1 Å². The van der Waals surface area contributed by atoms with Crippen LogP contribution in [0.4, 0.5) is 4.39 Å². The first-order valence-corrected chi connectivity index (χ1v) is 9.26. The van der Waals surface area contributed by atoms with Gasteiger partial charge in [-0.2, -0.15) is 0 Å². The van der Waals surface area contributed by atoms with Crippen molar-refractivity contribution in [1.29, 1.82) is 0 Å². The summed E-state index contributed by atoms with van der Waals surface area (Å²) in [6.07, 6.45) is 3.91. The molecular weight excluding hydrogens is 323 g/mol. The predicted molar refractivity (Wildman–Crippen MR) is 90.9 cm³/mol. The van der Waals surface area contributed by atoms with Crippen molar-refractivity contribution in [3.05, 3.63) is 29.6 Å². The Balaban J connectivity index is 1.50. The maximum Gasteiger partial charge on any atom is 0.240 e. The van der Waals surface area contributed by atoms with E-state index < -0.39 is 0 Å². The van der Waals surface area contributed by atoms with Crippen molar-refractivity contribution in [2.24, 2.45) is 0 Å². The van der Waals surface area contributed by atoms with Crippen LogP contribution >= 0.6 is 0 Å². The Bertz CT molecular complexity index is 633. The van der Waals surface area contributed by atoms with Gasteiger partial charge in [-0.1, -0.05) is 6.07 Å². The maximum atomic E-state index is 14.2. The van der Waals surface area contributed by atoms with Crippen molar-refractivity contribution in [2.45, 2.75) is 44.3 Å². The Hall–Kier alpha value is -1.66. The van der Waals surface area contributed by atoms with E-state index in [2.05, 4.69) is 4.90 Å². The van der Waals surface area contributed by atoms with Crippen LogP contribution in [-0.4, -0.2) is 60.7 Å². The molecule has 2 saturated heterocycles. The van der Waals surface area contributed by atoms with Crippen molar-refractivity contribution in [3.63, 3.8) is 0 Å². The number of nitrogens with zero attached hydrogens (tertiary/aromatic N) is 2. The summed E-state index contributed by atoms with van der Waals surface area (Å²) >= 11 is 0. The molecule has 1 aromatic carbocycles. The molecule has 3 aliphatic rings. The van der Waals surface area contributed by atoms with Gasteiger partial charge in [-0.15, -0.1) is 0 Å². The van der Waals surface area contributed by atoms with E-state index in [0.717, 1.165) is 45.4 Å². The molecule has 1 aromatic rings. The topological polar surface area (TPSA) is 42.0 Å². The summed E-state index contributed by atoms with van der Waals surface area (Å²) in [5.74, 6) is 0.372. The molecule has 0 unspecified atom stereocenters. The van der Waals surface area contributed by atoms with Crippen molar-refractivity contribution in [2.75, 3.05) is 32.9 Å². The van der Waals surface area contributed by atoms with E-state index in [1.54, 1.807) is 17.0 Å². The number of hydrogen-bond acceptors (Lipinski definition) is 4. The van der Waals surface area contributed by atoms with Gasteiger partial charge in [-0.25, -0.2) is 4.39 Å². The van der Waals surface area contributed by atoms with Crippen LogP contribution in [0.25, 0.3) is 0 Å². The third kappa shape index (κ3) is 3.37. The molecule has 1 atom stereocenters. The van der Waals surface area contributed by atoms with Gasteiger partial charge < -0.3 is 14.4 Å². The van der Waals surface area contributed by atoms with Crippen molar-refractivity contribution in [1.82, 2.24) is 9.80 Å². The molecule has 0 spiro atoms. The van der Waals surface area contributed by atoms with E-state index in [-0.39, 0.29) is 17.8 Å². The molecule has 0 saturated carbocycles. The van der Waals surface area contributed by atoms with Crippen molar-refractivity contribution < 1.29 is 18.7 Å². The highest BCUT2D eigenvalue weighted by Crippen LogP contribution is 2.29. The van der Waals surface area contributed by atoms with Crippen LogP contribution in [0, 0.1) is 5.82 Å². The van der Waals surface area contributed by atoms with Gasteiger partial charge in [-0.3, -0.25) is 9.69 Å². The summed E-state index contributed by atoms with van der Waals surface area (Å²) in [6, 6.07) is 5.19. The highest BCUT2D eigenvalue weighted by Gasteiger charge is 2.38. The molecule has 0 radical (unpaired) electrons. The first-order chi connectivity index (χ1) is 12.2. The van der Waals surface area contributed by atoms with E-state index in [1.807, 2.05) is 0 Å². The molecule has 3 heterocycles. The molecule has 0 N–H and O–H groups in total. The number of carbonyl (C=O) groups is 1. The van der Waals surface area contributed by atoms with Crippen LogP contribution in [0.1, 0.15) is 31.2 Å². The van der Waals surface area contributed by atoms with Crippen LogP contribution < -0.4 is 4.74 Å². The Kier molecular flexibility index (Phi) is 4.90. The molecule has 0 aromatic heterocycles. The van der Waals surface area contributed by atoms with E-state index in [4.69, 9.17) is 9.47 Å². The lowest BCUT2D eigenvalue weighted by Gasteiger charge is -2.36. The number of likely N-dealkylation sites (tertiary alicyclic amines) is 1. The smallest absolute Gasteiger partial charge is 0.240 e. The molecule has 0 aliphatic carbocycles. The SMILES string of the molecule is O=C([C@@H]1CCCN1C1CCOCC1)N1CCOc2cccc(F)c2C1. The van der Waals surface area contributed by atoms with E-state index in [1.165, 1.54) is 6.07 Å². The number of benzene rings is 1. The van der Waals surface area contributed by atoms with Gasteiger partial charge in [0.05, 0.1) is 19.1 Å². The molecule has 0 bridgehead atoms. The minimum Gasteiger partial charge on any atom is -0.491 e. The van der Waals surface area contributed by atoms with Gasteiger partial charge >= 0.3 is 0 Å². The number of amides is 1. The second-order valence-electron chi connectivity index (χ2n) is 7.06. The van der Waals surface area contributed by atoms with Crippen molar-refractivity contribution >= 4 is 5.91 Å². The van der Waals surface area contributed by atoms with Gasteiger partial charge in [0, 0.05) is 24.8 Å². The third-order valence-electron chi connectivity index (χ3n) is 5.59. The van der Waals surface area contributed by atoms with E-state index >= 15 is 0 Å². The molecule has 3 aliphatic heterocycles. The fourth-order valence-electron chi connectivity index (χ4n) is 4.27. The van der Waals surface area contributed by atoms with Crippen LogP contribution in [0.5, 0.6) is 5.75 Å². The number of fused-ring (bicyclic) bond motifs is 1. The molecule has 5 nitrogen and oxygen atoms in total. The van der Waals surface area contributed by atoms with Crippen LogP contribution in [0.15, 0.2) is 18.2 Å². The third-order valence-corrected chi connectivity index (χ3v) is 5.59. The zero-order chi connectivity index (χ0) is 17.2. The van der Waals surface area contributed by atoms with Gasteiger partial charge in [0.2, 0.25) is 5.91 Å². The Labute approximate surface area is 147 Å². The molecule has 6 heteroatoms. The summed E-state index contributed by atoms with van der Waals surface area (Å²) in [5, 5.41) is 0. The minimum absolute atomic E-state index is 0.0866. The Morgan fingerprint density at radius 2 is 1.96 bits per heavy atom. The summed E-state index contributed by atoms with van der Waals surface area (Å²) < 4.78 is 25.3. The molecule has 2 fully saturated rings. The average molecular weight is 348 g/mol. The average Bonchev–Trinajstić information content (AvgIpc) is 3.02. The molecule has 25 heavy (non-hydrogen) atoms. The highest BCUT2D eigenvalue weighted by atomic mass is 19.1. The van der Waals surface area contributed by atoms with Crippen LogP contribution in [0.2, 0.25) is 0 Å². The summed E-state index contributed by atoms with van der Waals surface area (Å²) in [5.41, 5.74) is 0.490. The second kappa shape index (κ2) is 7.30. The lowest BCUT2D eigenvalue weighted by Crippen LogP contribution is -2.50. The summed E-state index contributed by atoms with van der Waals surface area (Å²) in [4.78, 5) is 17.3. The maximum absolute atomic E-state index is 14.2. The number of ether oxygens (including phenoxy) is 2. The fraction of sp³-hybridized carbons (Fsp3) is 0.632. The Morgan fingerprint density at radius 3 is 2.80 bits per heavy atom. The standard InChI is InChI=1S/C19H25FN2O3/c20-16-3-1-5-18-15(16)13-21(9-12-25-18)19(23)17-4-2-8-22(17)14-6-10-24-11-7-14/h1,3,5,14,17H,2,4,6-13H2/t17-/m0/s1. The van der Waals surface area contributed by atoms with Gasteiger partial charge in [0.15, 0.2) is 0 Å². The van der Waals surface area contributed by atoms with Crippen LogP contribution in [0.3, 0.4) is 0 Å². The van der Waals surface area contributed by atoms with Gasteiger partial charge in [0.25, 0.3) is 0 Å². The lowest BCUT2D eigenvalue weighted by molar-refractivity contribution is -0.138. The quantitative estimate of drug-likeness (QED) is 0.822. The lowest BCUT2D eigenvalue weighted by atomic mass is 10.0. The van der Waals surface area contributed by atoms with E-state index in [0.29, 0.717) is 37.1 Å². The summed E-state index contributed by atoms with van der Waals surface area (Å²) in [7, 11) is 0. The first-order valence-electron chi connectivity index (χ1n) is 9.26. The monoisotopic (exact) mass is 348 g/mol. The van der Waals surface area contributed by atoms with E-state index in [9.17, 15) is 9.18 Å². The number of rotatable bonds is 2. The minimum atomic E-state index is -0.301. The fourth-order valence-corrected chi connectivity index (χ4v) is 4.27. The van der Waals surface area contributed by atoms with Gasteiger partial charge in [0.1, 0.15) is 18.2 Å². The van der Waals surface area contributed by atoms with Gasteiger partial charge in [-0.05, 0) is 44.4 Å².